The van der Waals surface area contributed by atoms with E-state index in [0.29, 0.717) is 11.3 Å². The quantitative estimate of drug-likeness (QED) is 0.742. The van der Waals surface area contributed by atoms with Crippen LogP contribution in [-0.4, -0.2) is 10.8 Å². The first-order valence-electron chi connectivity index (χ1n) is 5.12. The molecule has 0 saturated heterocycles. The summed E-state index contributed by atoms with van der Waals surface area (Å²) in [5.41, 5.74) is 3.60. The summed E-state index contributed by atoms with van der Waals surface area (Å²) in [6.45, 7) is 5.96. The van der Waals surface area contributed by atoms with Gasteiger partial charge in [-0.25, -0.2) is 4.98 Å². The van der Waals surface area contributed by atoms with Gasteiger partial charge in [-0.15, -0.1) is 11.3 Å². The summed E-state index contributed by atoms with van der Waals surface area (Å²) in [5.74, 6) is 0.00690. The van der Waals surface area contributed by atoms with Crippen molar-refractivity contribution in [3.8, 4) is 0 Å². The van der Waals surface area contributed by atoms with Gasteiger partial charge in [0.1, 0.15) is 5.69 Å². The molecular formula is C13H13NOS. The lowest BCUT2D eigenvalue weighted by atomic mass is 10.0. The molecular weight excluding hydrogens is 218 g/mol. The Morgan fingerprint density at radius 1 is 1.19 bits per heavy atom. The van der Waals surface area contributed by atoms with E-state index in [1.807, 2.05) is 44.4 Å². The summed E-state index contributed by atoms with van der Waals surface area (Å²) in [4.78, 5) is 16.3. The van der Waals surface area contributed by atoms with Crippen LogP contribution in [0.3, 0.4) is 0 Å². The van der Waals surface area contributed by atoms with Crippen molar-refractivity contribution in [3.63, 3.8) is 0 Å². The van der Waals surface area contributed by atoms with Gasteiger partial charge < -0.3 is 0 Å². The van der Waals surface area contributed by atoms with Crippen molar-refractivity contribution in [2.75, 3.05) is 0 Å². The summed E-state index contributed by atoms with van der Waals surface area (Å²) in [5, 5.41) is 2.74. The number of hydrogen-bond donors (Lipinski definition) is 0. The number of aromatic nitrogens is 1. The molecule has 16 heavy (non-hydrogen) atoms. The van der Waals surface area contributed by atoms with E-state index in [9.17, 15) is 4.79 Å². The van der Waals surface area contributed by atoms with Crippen LogP contribution in [0.1, 0.15) is 32.2 Å². The van der Waals surface area contributed by atoms with Crippen LogP contribution >= 0.6 is 11.3 Å². The first-order chi connectivity index (χ1) is 7.58. The molecule has 3 heteroatoms. The lowest BCUT2D eigenvalue weighted by Crippen LogP contribution is -2.02. The topological polar surface area (TPSA) is 30.0 Å². The fourth-order valence-corrected chi connectivity index (χ4v) is 2.09. The van der Waals surface area contributed by atoms with Crippen LogP contribution in [0.2, 0.25) is 0 Å². The second kappa shape index (κ2) is 4.18. The highest BCUT2D eigenvalue weighted by Gasteiger charge is 2.12. The highest BCUT2D eigenvalue weighted by atomic mass is 32.1. The van der Waals surface area contributed by atoms with E-state index in [0.717, 1.165) is 10.6 Å². The van der Waals surface area contributed by atoms with Gasteiger partial charge in [0, 0.05) is 10.9 Å². The van der Waals surface area contributed by atoms with Crippen molar-refractivity contribution in [3.05, 3.63) is 51.0 Å². The number of nitrogens with zero attached hydrogens (tertiary/aromatic N) is 1. The van der Waals surface area contributed by atoms with Crippen molar-refractivity contribution >= 4 is 17.1 Å². The predicted molar refractivity (Wildman–Crippen MR) is 66.2 cm³/mol. The van der Waals surface area contributed by atoms with Crippen LogP contribution in [0.15, 0.2) is 23.6 Å². The summed E-state index contributed by atoms with van der Waals surface area (Å²) in [6.07, 6.45) is 0. The molecule has 0 bridgehead atoms. The predicted octanol–water partition coefficient (Wildman–Crippen LogP) is 3.30. The van der Waals surface area contributed by atoms with Gasteiger partial charge in [0.2, 0.25) is 5.78 Å². The molecule has 0 fully saturated rings. The maximum atomic E-state index is 12.1. The maximum Gasteiger partial charge on any atom is 0.212 e. The second-order valence-corrected chi connectivity index (χ2v) is 4.94. The number of thiazole rings is 1. The molecule has 0 atom stereocenters. The zero-order valence-corrected chi connectivity index (χ0v) is 10.4. The normalized spacial score (nSPS) is 10.4. The average molecular weight is 231 g/mol. The molecule has 0 amide bonds. The lowest BCUT2D eigenvalue weighted by molar-refractivity contribution is 0.103. The van der Waals surface area contributed by atoms with Crippen LogP contribution < -0.4 is 0 Å². The van der Waals surface area contributed by atoms with Crippen molar-refractivity contribution in [2.24, 2.45) is 0 Å². The Bertz CT molecular complexity index is 543. The molecule has 1 heterocycles. The van der Waals surface area contributed by atoms with Crippen molar-refractivity contribution in [2.45, 2.75) is 20.8 Å². The van der Waals surface area contributed by atoms with Crippen LogP contribution in [0.5, 0.6) is 0 Å². The number of ketones is 1. The standard InChI is InChI=1S/C13H13NOS/c1-8-4-5-11(6-9(8)2)13(15)12-7-16-10(3)14-12/h4-7H,1-3H3. The first kappa shape index (κ1) is 11.0. The molecule has 0 aliphatic heterocycles. The summed E-state index contributed by atoms with van der Waals surface area (Å²) in [6, 6.07) is 5.76. The molecule has 2 rings (SSSR count). The number of carbonyl (C=O) groups is 1. The monoisotopic (exact) mass is 231 g/mol. The minimum absolute atomic E-state index is 0.00690. The molecule has 2 nitrogen and oxygen atoms in total. The summed E-state index contributed by atoms with van der Waals surface area (Å²) >= 11 is 1.50. The Kier molecular flexibility index (Phi) is 2.88. The van der Waals surface area contributed by atoms with Crippen LogP contribution in [0.25, 0.3) is 0 Å². The van der Waals surface area contributed by atoms with E-state index in [4.69, 9.17) is 0 Å². The molecule has 0 aliphatic rings. The Morgan fingerprint density at radius 3 is 2.50 bits per heavy atom. The minimum Gasteiger partial charge on any atom is -0.287 e. The second-order valence-electron chi connectivity index (χ2n) is 3.88. The molecule has 82 valence electrons. The average Bonchev–Trinajstić information content (AvgIpc) is 2.68. The highest BCUT2D eigenvalue weighted by Crippen LogP contribution is 2.16. The number of rotatable bonds is 2. The van der Waals surface area contributed by atoms with Crippen molar-refractivity contribution in [1.82, 2.24) is 4.98 Å². The zero-order chi connectivity index (χ0) is 11.7. The minimum atomic E-state index is 0.00690. The number of hydrogen-bond acceptors (Lipinski definition) is 3. The van der Waals surface area contributed by atoms with E-state index in [2.05, 4.69) is 4.98 Å². The first-order valence-corrected chi connectivity index (χ1v) is 6.00. The summed E-state index contributed by atoms with van der Waals surface area (Å²) < 4.78 is 0. The molecule has 2 aromatic rings. The van der Waals surface area contributed by atoms with Gasteiger partial charge in [-0.1, -0.05) is 12.1 Å². The highest BCUT2D eigenvalue weighted by molar-refractivity contribution is 7.09. The SMILES string of the molecule is Cc1nc(C(=O)c2ccc(C)c(C)c2)cs1. The molecule has 0 aliphatic carbocycles. The van der Waals surface area contributed by atoms with Gasteiger partial charge in [-0.05, 0) is 38.0 Å². The van der Waals surface area contributed by atoms with E-state index in [1.165, 1.54) is 16.9 Å². The fourth-order valence-electron chi connectivity index (χ4n) is 1.50. The molecule has 0 N–H and O–H groups in total. The Balaban J connectivity index is 2.38. The Morgan fingerprint density at radius 2 is 1.94 bits per heavy atom. The van der Waals surface area contributed by atoms with Crippen molar-refractivity contribution < 1.29 is 4.79 Å². The van der Waals surface area contributed by atoms with Crippen LogP contribution in [0.4, 0.5) is 0 Å². The third-order valence-corrected chi connectivity index (χ3v) is 3.39. The van der Waals surface area contributed by atoms with Crippen LogP contribution in [0, 0.1) is 20.8 Å². The largest absolute Gasteiger partial charge is 0.287 e. The van der Waals surface area contributed by atoms with Gasteiger partial charge in [-0.3, -0.25) is 4.79 Å². The van der Waals surface area contributed by atoms with Gasteiger partial charge in [0.05, 0.1) is 5.01 Å². The fraction of sp³-hybridized carbons (Fsp3) is 0.231. The maximum absolute atomic E-state index is 12.1. The number of benzene rings is 1. The molecule has 0 unspecified atom stereocenters. The molecule has 0 saturated carbocycles. The van der Waals surface area contributed by atoms with E-state index < -0.39 is 0 Å². The third-order valence-electron chi connectivity index (χ3n) is 2.62. The number of aryl methyl sites for hydroxylation is 3. The smallest absolute Gasteiger partial charge is 0.212 e. The Hall–Kier alpha value is -1.48. The Labute approximate surface area is 99.0 Å². The third kappa shape index (κ3) is 2.04. The molecule has 1 aromatic heterocycles. The van der Waals surface area contributed by atoms with Gasteiger partial charge in [-0.2, -0.15) is 0 Å². The van der Waals surface area contributed by atoms with Gasteiger partial charge in [0.15, 0.2) is 0 Å². The summed E-state index contributed by atoms with van der Waals surface area (Å²) in [7, 11) is 0. The van der Waals surface area contributed by atoms with E-state index >= 15 is 0 Å². The van der Waals surface area contributed by atoms with E-state index in [1.54, 1.807) is 0 Å². The lowest BCUT2D eigenvalue weighted by Gasteiger charge is -2.02. The molecule has 0 spiro atoms. The zero-order valence-electron chi connectivity index (χ0n) is 9.57. The van der Waals surface area contributed by atoms with Crippen LogP contribution in [-0.2, 0) is 0 Å². The molecule has 1 aromatic carbocycles. The van der Waals surface area contributed by atoms with Gasteiger partial charge >= 0.3 is 0 Å². The van der Waals surface area contributed by atoms with Gasteiger partial charge in [0.25, 0.3) is 0 Å². The number of carbonyl (C=O) groups excluding carboxylic acids is 1. The van der Waals surface area contributed by atoms with E-state index in [-0.39, 0.29) is 5.78 Å². The van der Waals surface area contributed by atoms with Crippen molar-refractivity contribution in [1.29, 1.82) is 0 Å². The molecule has 0 radical (unpaired) electrons.